The van der Waals surface area contributed by atoms with Crippen molar-refractivity contribution in [1.82, 2.24) is 0 Å². The molecule has 0 spiro atoms. The lowest BCUT2D eigenvalue weighted by atomic mass is 9.99. The van der Waals surface area contributed by atoms with Crippen molar-refractivity contribution in [1.29, 1.82) is 0 Å². The molecule has 0 aromatic heterocycles. The van der Waals surface area contributed by atoms with Crippen molar-refractivity contribution in [2.75, 3.05) is 13.2 Å². The molecule has 2 unspecified atom stereocenters. The SMILES string of the molecule is CCOP(=O)(OCC)C(c1ccccc1)C(O)C(C)C. The van der Waals surface area contributed by atoms with Gasteiger partial charge in [0.25, 0.3) is 0 Å². The molecule has 114 valence electrons. The van der Waals surface area contributed by atoms with E-state index in [0.29, 0.717) is 0 Å². The van der Waals surface area contributed by atoms with Crippen LogP contribution < -0.4 is 0 Å². The summed E-state index contributed by atoms with van der Waals surface area (Å²) in [6, 6.07) is 9.30. The minimum absolute atomic E-state index is 0.0468. The summed E-state index contributed by atoms with van der Waals surface area (Å²) in [5.74, 6) is -0.0468. The normalized spacial score (nSPS) is 15.3. The second-order valence-electron chi connectivity index (χ2n) is 4.97. The number of hydrogen-bond donors (Lipinski definition) is 1. The smallest absolute Gasteiger partial charge is 0.340 e. The molecule has 0 saturated heterocycles. The summed E-state index contributed by atoms with van der Waals surface area (Å²) in [6.45, 7) is 7.90. The van der Waals surface area contributed by atoms with Gasteiger partial charge in [-0.2, -0.15) is 0 Å². The first kappa shape index (κ1) is 17.4. The van der Waals surface area contributed by atoms with Crippen molar-refractivity contribution in [2.24, 2.45) is 5.92 Å². The zero-order chi connectivity index (χ0) is 15.2. The molecule has 0 fully saturated rings. The van der Waals surface area contributed by atoms with Gasteiger partial charge >= 0.3 is 7.60 Å². The molecule has 2 atom stereocenters. The lowest BCUT2D eigenvalue weighted by Crippen LogP contribution is -2.26. The van der Waals surface area contributed by atoms with Crippen LogP contribution in [0, 0.1) is 5.92 Å². The molecule has 0 bridgehead atoms. The largest absolute Gasteiger partial charge is 0.392 e. The maximum Gasteiger partial charge on any atom is 0.340 e. The average Bonchev–Trinajstić information content (AvgIpc) is 2.40. The van der Waals surface area contributed by atoms with Crippen LogP contribution >= 0.6 is 7.60 Å². The highest BCUT2D eigenvalue weighted by Gasteiger charge is 2.42. The lowest BCUT2D eigenvalue weighted by Gasteiger charge is -2.32. The second-order valence-corrected chi connectivity index (χ2v) is 7.12. The van der Waals surface area contributed by atoms with Crippen molar-refractivity contribution in [3.05, 3.63) is 35.9 Å². The van der Waals surface area contributed by atoms with Crippen LogP contribution in [0.1, 0.15) is 38.9 Å². The summed E-state index contributed by atoms with van der Waals surface area (Å²) in [7, 11) is -3.41. The molecule has 4 nitrogen and oxygen atoms in total. The predicted octanol–water partition coefficient (Wildman–Crippen LogP) is 4.01. The van der Waals surface area contributed by atoms with Crippen molar-refractivity contribution in [3.63, 3.8) is 0 Å². The van der Waals surface area contributed by atoms with Crippen LogP contribution in [0.5, 0.6) is 0 Å². The Balaban J connectivity index is 3.25. The van der Waals surface area contributed by atoms with E-state index in [1.807, 2.05) is 44.2 Å². The number of aliphatic hydroxyl groups is 1. The molecule has 5 heteroatoms. The Morgan fingerprint density at radius 2 is 1.60 bits per heavy atom. The average molecular weight is 300 g/mol. The van der Waals surface area contributed by atoms with E-state index in [2.05, 4.69) is 0 Å². The first-order valence-electron chi connectivity index (χ1n) is 7.08. The number of hydrogen-bond acceptors (Lipinski definition) is 4. The van der Waals surface area contributed by atoms with Crippen molar-refractivity contribution in [2.45, 2.75) is 39.5 Å². The van der Waals surface area contributed by atoms with Gasteiger partial charge in [0.15, 0.2) is 0 Å². The molecule has 0 amide bonds. The van der Waals surface area contributed by atoms with E-state index in [-0.39, 0.29) is 19.1 Å². The highest BCUT2D eigenvalue weighted by atomic mass is 31.2. The fourth-order valence-corrected chi connectivity index (χ4v) is 4.51. The first-order chi connectivity index (χ1) is 9.46. The summed E-state index contributed by atoms with van der Waals surface area (Å²) in [5, 5.41) is 10.5. The van der Waals surface area contributed by atoms with Crippen LogP contribution in [-0.2, 0) is 13.6 Å². The van der Waals surface area contributed by atoms with E-state index in [1.54, 1.807) is 13.8 Å². The van der Waals surface area contributed by atoms with Crippen molar-refractivity contribution >= 4 is 7.60 Å². The topological polar surface area (TPSA) is 55.8 Å². The van der Waals surface area contributed by atoms with E-state index >= 15 is 0 Å². The molecule has 0 radical (unpaired) electrons. The van der Waals surface area contributed by atoms with Crippen LogP contribution in [0.4, 0.5) is 0 Å². The van der Waals surface area contributed by atoms with E-state index in [4.69, 9.17) is 9.05 Å². The van der Waals surface area contributed by atoms with Gasteiger partial charge in [0.1, 0.15) is 5.66 Å². The minimum atomic E-state index is -3.41. The predicted molar refractivity (Wildman–Crippen MR) is 80.9 cm³/mol. The zero-order valence-electron chi connectivity index (χ0n) is 12.7. The van der Waals surface area contributed by atoms with Gasteiger partial charge in [-0.15, -0.1) is 0 Å². The van der Waals surface area contributed by atoms with Gasteiger partial charge in [0.2, 0.25) is 0 Å². The van der Waals surface area contributed by atoms with Crippen LogP contribution in [0.3, 0.4) is 0 Å². The van der Waals surface area contributed by atoms with Gasteiger partial charge in [-0.1, -0.05) is 44.2 Å². The maximum atomic E-state index is 13.1. The molecule has 0 aliphatic rings. The molecule has 1 aromatic carbocycles. The van der Waals surface area contributed by atoms with Crippen molar-refractivity contribution in [3.8, 4) is 0 Å². The summed E-state index contributed by atoms with van der Waals surface area (Å²) >= 11 is 0. The quantitative estimate of drug-likeness (QED) is 0.737. The summed E-state index contributed by atoms with van der Waals surface area (Å²) in [4.78, 5) is 0. The molecule has 1 aromatic rings. The maximum absolute atomic E-state index is 13.1. The molecule has 20 heavy (non-hydrogen) atoms. The Morgan fingerprint density at radius 3 is 2.00 bits per heavy atom. The Labute approximate surface area is 121 Å². The van der Waals surface area contributed by atoms with Gasteiger partial charge in [0.05, 0.1) is 19.3 Å². The second kappa shape index (κ2) is 7.94. The molecular weight excluding hydrogens is 275 g/mol. The number of aliphatic hydroxyl groups excluding tert-OH is 1. The molecule has 1 rings (SSSR count). The third-order valence-electron chi connectivity index (χ3n) is 3.11. The van der Waals surface area contributed by atoms with E-state index in [0.717, 1.165) is 5.56 Å². The van der Waals surface area contributed by atoms with Crippen LogP contribution in [-0.4, -0.2) is 24.4 Å². The van der Waals surface area contributed by atoms with E-state index < -0.39 is 19.4 Å². The van der Waals surface area contributed by atoms with Gasteiger partial charge in [-0.3, -0.25) is 4.57 Å². The Bertz CT molecular complexity index is 423. The Hall–Kier alpha value is -0.670. The van der Waals surface area contributed by atoms with E-state index in [9.17, 15) is 9.67 Å². The number of rotatable bonds is 8. The fraction of sp³-hybridized carbons (Fsp3) is 0.600. The van der Waals surface area contributed by atoms with E-state index in [1.165, 1.54) is 0 Å². The third-order valence-corrected chi connectivity index (χ3v) is 5.63. The monoisotopic (exact) mass is 300 g/mol. The summed E-state index contributed by atoms with van der Waals surface area (Å²) in [6.07, 6.45) is -0.790. The van der Waals surface area contributed by atoms with Gasteiger partial charge in [-0.25, -0.2) is 0 Å². The summed E-state index contributed by atoms with van der Waals surface area (Å²) in [5.41, 5.74) is 0.113. The molecule has 0 heterocycles. The Kier molecular flexibility index (Phi) is 6.90. The lowest BCUT2D eigenvalue weighted by molar-refractivity contribution is 0.100. The number of benzene rings is 1. The fourth-order valence-electron chi connectivity index (χ4n) is 2.14. The molecule has 0 saturated carbocycles. The van der Waals surface area contributed by atoms with Crippen LogP contribution in [0.15, 0.2) is 30.3 Å². The van der Waals surface area contributed by atoms with Crippen LogP contribution in [0.25, 0.3) is 0 Å². The van der Waals surface area contributed by atoms with Gasteiger partial charge < -0.3 is 14.2 Å². The van der Waals surface area contributed by atoms with Gasteiger partial charge in [0, 0.05) is 0 Å². The molecule has 1 N–H and O–H groups in total. The third kappa shape index (κ3) is 4.16. The zero-order valence-corrected chi connectivity index (χ0v) is 13.5. The standard InChI is InChI=1S/C15H25O4P/c1-5-18-20(17,19-6-2)15(14(16)12(3)4)13-10-8-7-9-11-13/h7-12,14-16H,5-6H2,1-4H3. The van der Waals surface area contributed by atoms with Gasteiger partial charge in [-0.05, 0) is 25.3 Å². The highest BCUT2D eigenvalue weighted by Crippen LogP contribution is 2.63. The first-order valence-corrected chi connectivity index (χ1v) is 8.69. The highest BCUT2D eigenvalue weighted by molar-refractivity contribution is 7.54. The summed E-state index contributed by atoms with van der Waals surface area (Å²) < 4.78 is 23.9. The van der Waals surface area contributed by atoms with Crippen molar-refractivity contribution < 1.29 is 18.7 Å². The molecule has 0 aliphatic carbocycles. The minimum Gasteiger partial charge on any atom is -0.392 e. The molecule has 0 aliphatic heterocycles. The molecular formula is C15H25O4P. The van der Waals surface area contributed by atoms with Crippen LogP contribution in [0.2, 0.25) is 0 Å². The Morgan fingerprint density at radius 1 is 1.10 bits per heavy atom.